The van der Waals surface area contributed by atoms with Crippen molar-refractivity contribution >= 4 is 33.7 Å². The number of hydrogen-bond acceptors (Lipinski definition) is 5. The highest BCUT2D eigenvalue weighted by atomic mass is 79.9. The topological polar surface area (TPSA) is 69.7 Å². The highest BCUT2D eigenvalue weighted by molar-refractivity contribution is 9.10. The number of esters is 2. The van der Waals surface area contributed by atoms with Crippen LogP contribution in [0.15, 0.2) is 52.0 Å². The molecule has 6 heteroatoms. The minimum atomic E-state index is -1.58. The first-order valence-corrected chi connectivity index (χ1v) is 12.0. The normalized spacial score (nSPS) is 25.4. The van der Waals surface area contributed by atoms with E-state index in [1.165, 1.54) is 0 Å². The minimum absolute atomic E-state index is 0.0462. The summed E-state index contributed by atoms with van der Waals surface area (Å²) < 4.78 is 12.2. The third-order valence-electron chi connectivity index (χ3n) is 6.91. The Kier molecular flexibility index (Phi) is 5.01. The molecule has 1 heterocycles. The summed E-state index contributed by atoms with van der Waals surface area (Å²) in [5.74, 6) is -3.15. The maximum atomic E-state index is 13.6. The van der Waals surface area contributed by atoms with Crippen LogP contribution in [0.25, 0.3) is 0 Å². The predicted molar refractivity (Wildman–Crippen MR) is 128 cm³/mol. The standard InChI is InChI=1S/C27H31BrO5/c1-23(2,3)17-13-26(14-18(19(17)29)24(4,5)6)20(15-9-11-16(28)12-10-15)27(26)21(30)32-25(7,8)33-22(27)31/h9-14,20H,1-8H3. The number of rotatable bonds is 1. The lowest BCUT2D eigenvalue weighted by Crippen LogP contribution is -2.50. The first-order valence-electron chi connectivity index (χ1n) is 11.2. The van der Waals surface area contributed by atoms with Crippen LogP contribution in [0.3, 0.4) is 0 Å². The number of halogens is 1. The number of hydrogen-bond donors (Lipinski definition) is 0. The Labute approximate surface area is 203 Å². The van der Waals surface area contributed by atoms with E-state index in [0.29, 0.717) is 11.1 Å². The number of ether oxygens (including phenoxy) is 2. The fourth-order valence-electron chi connectivity index (χ4n) is 5.31. The van der Waals surface area contributed by atoms with E-state index < -0.39 is 45.3 Å². The van der Waals surface area contributed by atoms with Gasteiger partial charge in [0.2, 0.25) is 0 Å². The zero-order valence-corrected chi connectivity index (χ0v) is 22.0. The number of ketones is 1. The third kappa shape index (κ3) is 3.36. The van der Waals surface area contributed by atoms with Crippen LogP contribution in [0.5, 0.6) is 0 Å². The predicted octanol–water partition coefficient (Wildman–Crippen LogP) is 5.88. The molecule has 1 atom stereocenters. The Hall–Kier alpha value is -2.21. The van der Waals surface area contributed by atoms with Crippen LogP contribution in [0.4, 0.5) is 0 Å². The van der Waals surface area contributed by atoms with Gasteiger partial charge in [-0.1, -0.05) is 81.8 Å². The lowest BCUT2D eigenvalue weighted by atomic mass is 9.68. The average Bonchev–Trinajstić information content (AvgIpc) is 3.23. The zero-order chi connectivity index (χ0) is 24.8. The van der Waals surface area contributed by atoms with Crippen LogP contribution >= 0.6 is 15.9 Å². The molecule has 0 aromatic heterocycles. The molecule has 1 unspecified atom stereocenters. The quantitative estimate of drug-likeness (QED) is 0.345. The molecule has 1 saturated carbocycles. The van der Waals surface area contributed by atoms with Crippen molar-refractivity contribution in [3.05, 3.63) is 57.6 Å². The Morgan fingerprint density at radius 1 is 0.788 bits per heavy atom. The second-order valence-electron chi connectivity index (χ2n) is 11.8. The molecule has 1 aromatic rings. The van der Waals surface area contributed by atoms with Crippen molar-refractivity contribution in [2.24, 2.45) is 21.7 Å². The number of carbonyl (C=O) groups is 3. The van der Waals surface area contributed by atoms with Crippen molar-refractivity contribution in [3.8, 4) is 0 Å². The maximum absolute atomic E-state index is 13.6. The van der Waals surface area contributed by atoms with Crippen molar-refractivity contribution in [2.75, 3.05) is 0 Å². The molecule has 2 aliphatic carbocycles. The molecule has 0 N–H and O–H groups in total. The summed E-state index contributed by atoms with van der Waals surface area (Å²) in [5, 5.41) is 0. The van der Waals surface area contributed by atoms with Gasteiger partial charge in [-0.3, -0.25) is 14.4 Å². The smallest absolute Gasteiger partial charge is 0.328 e. The second kappa shape index (κ2) is 6.91. The SMILES string of the molecule is CC1(C)OC(=O)C2(C(=O)O1)C(c1ccc(Br)cc1)C21C=C(C(C)(C)C)C(=O)C(C(C)(C)C)=C1. The number of benzene rings is 1. The van der Waals surface area contributed by atoms with Crippen molar-refractivity contribution in [2.45, 2.75) is 67.1 Å². The fraction of sp³-hybridized carbons (Fsp3) is 0.519. The molecule has 2 fully saturated rings. The number of fused-ring (bicyclic) bond motifs is 1. The monoisotopic (exact) mass is 514 g/mol. The molecular formula is C27H31BrO5. The second-order valence-corrected chi connectivity index (χ2v) is 12.8. The molecular weight excluding hydrogens is 484 g/mol. The van der Waals surface area contributed by atoms with E-state index in [-0.39, 0.29) is 5.78 Å². The van der Waals surface area contributed by atoms with E-state index in [4.69, 9.17) is 9.47 Å². The summed E-state index contributed by atoms with van der Waals surface area (Å²) in [6, 6.07) is 7.57. The third-order valence-corrected chi connectivity index (χ3v) is 7.43. The Morgan fingerprint density at radius 2 is 1.21 bits per heavy atom. The first-order chi connectivity index (χ1) is 15.0. The van der Waals surface area contributed by atoms with Crippen molar-refractivity contribution in [3.63, 3.8) is 0 Å². The van der Waals surface area contributed by atoms with Gasteiger partial charge in [0.15, 0.2) is 11.2 Å². The summed E-state index contributed by atoms with van der Waals surface area (Å²) in [6.07, 6.45) is 3.69. The molecule has 0 bridgehead atoms. The zero-order valence-electron chi connectivity index (χ0n) is 20.5. The lowest BCUT2D eigenvalue weighted by Gasteiger charge is -2.37. The molecule has 1 aromatic carbocycles. The Morgan fingerprint density at radius 3 is 1.61 bits per heavy atom. The molecule has 1 aliphatic heterocycles. The van der Waals surface area contributed by atoms with E-state index in [1.54, 1.807) is 13.8 Å². The van der Waals surface area contributed by atoms with Gasteiger partial charge in [0.1, 0.15) is 0 Å². The van der Waals surface area contributed by atoms with Crippen molar-refractivity contribution < 1.29 is 23.9 Å². The molecule has 0 amide bonds. The van der Waals surface area contributed by atoms with Gasteiger partial charge < -0.3 is 9.47 Å². The van der Waals surface area contributed by atoms with Gasteiger partial charge in [0, 0.05) is 40.8 Å². The number of Topliss-reactive ketones (excluding diaryl/α,β-unsaturated/α-hetero) is 1. The highest BCUT2D eigenvalue weighted by Crippen LogP contribution is 2.79. The lowest BCUT2D eigenvalue weighted by molar-refractivity contribution is -0.244. The van der Waals surface area contributed by atoms with Crippen LogP contribution in [0, 0.1) is 21.7 Å². The molecule has 4 rings (SSSR count). The largest absolute Gasteiger partial charge is 0.422 e. The molecule has 33 heavy (non-hydrogen) atoms. The summed E-state index contributed by atoms with van der Waals surface area (Å²) in [7, 11) is 0. The molecule has 3 aliphatic rings. The van der Waals surface area contributed by atoms with Crippen LogP contribution in [0.2, 0.25) is 0 Å². The van der Waals surface area contributed by atoms with Gasteiger partial charge in [0.25, 0.3) is 5.79 Å². The van der Waals surface area contributed by atoms with Gasteiger partial charge in [0.05, 0.1) is 0 Å². The van der Waals surface area contributed by atoms with Crippen LogP contribution in [0.1, 0.15) is 66.9 Å². The summed E-state index contributed by atoms with van der Waals surface area (Å²) >= 11 is 3.46. The van der Waals surface area contributed by atoms with Gasteiger partial charge in [-0.05, 0) is 28.5 Å². The van der Waals surface area contributed by atoms with Crippen molar-refractivity contribution in [1.82, 2.24) is 0 Å². The van der Waals surface area contributed by atoms with Gasteiger partial charge in [-0.2, -0.15) is 0 Å². The highest BCUT2D eigenvalue weighted by Gasteiger charge is 2.87. The molecule has 0 radical (unpaired) electrons. The number of carbonyl (C=O) groups excluding carboxylic acids is 3. The molecule has 1 saturated heterocycles. The Balaban J connectivity index is 2.04. The van der Waals surface area contributed by atoms with Gasteiger partial charge in [-0.15, -0.1) is 0 Å². The number of cyclic esters (lactones) is 2. The van der Waals surface area contributed by atoms with Gasteiger partial charge in [-0.25, -0.2) is 0 Å². The van der Waals surface area contributed by atoms with E-state index >= 15 is 0 Å². The van der Waals surface area contributed by atoms with E-state index in [1.807, 2.05) is 78.0 Å². The average molecular weight is 515 g/mol. The van der Waals surface area contributed by atoms with Gasteiger partial charge >= 0.3 is 11.9 Å². The molecule has 176 valence electrons. The van der Waals surface area contributed by atoms with E-state index in [9.17, 15) is 14.4 Å². The number of allylic oxidation sites excluding steroid dienone is 4. The van der Waals surface area contributed by atoms with Crippen LogP contribution in [-0.4, -0.2) is 23.5 Å². The van der Waals surface area contributed by atoms with Crippen LogP contribution in [-0.2, 0) is 23.9 Å². The fourth-order valence-corrected chi connectivity index (χ4v) is 5.57. The summed E-state index contributed by atoms with van der Waals surface area (Å²) in [6.45, 7) is 14.9. The molecule has 2 spiro atoms. The van der Waals surface area contributed by atoms with E-state index in [0.717, 1.165) is 10.0 Å². The van der Waals surface area contributed by atoms with Crippen molar-refractivity contribution in [1.29, 1.82) is 0 Å². The van der Waals surface area contributed by atoms with E-state index in [2.05, 4.69) is 15.9 Å². The maximum Gasteiger partial charge on any atom is 0.328 e. The summed E-state index contributed by atoms with van der Waals surface area (Å²) in [5.41, 5.74) is -1.59. The summed E-state index contributed by atoms with van der Waals surface area (Å²) in [4.78, 5) is 40.9. The minimum Gasteiger partial charge on any atom is -0.422 e. The Bertz CT molecular complexity index is 1070. The van der Waals surface area contributed by atoms with Crippen LogP contribution < -0.4 is 0 Å². The first kappa shape index (κ1) is 23.9. The molecule has 5 nitrogen and oxygen atoms in total.